The molecule has 0 saturated heterocycles. The van der Waals surface area contributed by atoms with Crippen molar-refractivity contribution >= 4 is 40.6 Å². The SMILES string of the molecule is Nc1noc(-c2cc(Cl)ccc2Cl)c1Cl. The third kappa shape index (κ3) is 1.91. The third-order valence-corrected chi connectivity index (χ3v) is 2.76. The van der Waals surface area contributed by atoms with Gasteiger partial charge in [-0.15, -0.1) is 0 Å². The Morgan fingerprint density at radius 1 is 1.20 bits per heavy atom. The zero-order chi connectivity index (χ0) is 11.0. The molecule has 3 nitrogen and oxygen atoms in total. The van der Waals surface area contributed by atoms with E-state index in [4.69, 9.17) is 45.1 Å². The van der Waals surface area contributed by atoms with Crippen LogP contribution in [0.4, 0.5) is 5.82 Å². The van der Waals surface area contributed by atoms with Crippen LogP contribution in [0, 0.1) is 0 Å². The number of nitrogens with zero attached hydrogens (tertiary/aromatic N) is 1. The van der Waals surface area contributed by atoms with Gasteiger partial charge >= 0.3 is 0 Å². The summed E-state index contributed by atoms with van der Waals surface area (Å²) < 4.78 is 4.97. The van der Waals surface area contributed by atoms with Gasteiger partial charge in [-0.1, -0.05) is 40.0 Å². The Balaban J connectivity index is 2.63. The molecule has 0 aliphatic rings. The van der Waals surface area contributed by atoms with Crippen molar-refractivity contribution in [2.75, 3.05) is 5.73 Å². The third-order valence-electron chi connectivity index (χ3n) is 1.83. The van der Waals surface area contributed by atoms with Crippen molar-refractivity contribution in [1.82, 2.24) is 5.16 Å². The van der Waals surface area contributed by atoms with Gasteiger partial charge in [-0.2, -0.15) is 0 Å². The first-order chi connectivity index (χ1) is 7.09. The molecule has 1 heterocycles. The fraction of sp³-hybridized carbons (Fsp3) is 0. The van der Waals surface area contributed by atoms with Gasteiger partial charge < -0.3 is 10.3 Å². The molecule has 2 N–H and O–H groups in total. The lowest BCUT2D eigenvalue weighted by Gasteiger charge is -2.00. The number of rotatable bonds is 1. The highest BCUT2D eigenvalue weighted by Gasteiger charge is 2.16. The van der Waals surface area contributed by atoms with Crippen molar-refractivity contribution in [2.24, 2.45) is 0 Å². The molecule has 0 unspecified atom stereocenters. The van der Waals surface area contributed by atoms with Crippen LogP contribution in [-0.2, 0) is 0 Å². The first-order valence-electron chi connectivity index (χ1n) is 3.95. The Kier molecular flexibility index (Phi) is 2.78. The van der Waals surface area contributed by atoms with E-state index in [0.717, 1.165) is 0 Å². The zero-order valence-corrected chi connectivity index (χ0v) is 9.57. The van der Waals surface area contributed by atoms with Gasteiger partial charge in [-0.3, -0.25) is 0 Å². The summed E-state index contributed by atoms with van der Waals surface area (Å²) in [5, 5.41) is 4.77. The van der Waals surface area contributed by atoms with Gasteiger partial charge in [-0.05, 0) is 18.2 Å². The summed E-state index contributed by atoms with van der Waals surface area (Å²) >= 11 is 17.7. The normalized spacial score (nSPS) is 10.6. The lowest BCUT2D eigenvalue weighted by atomic mass is 10.2. The van der Waals surface area contributed by atoms with Crippen molar-refractivity contribution in [3.63, 3.8) is 0 Å². The second kappa shape index (κ2) is 3.93. The summed E-state index contributed by atoms with van der Waals surface area (Å²) in [6, 6.07) is 4.95. The van der Waals surface area contributed by atoms with E-state index in [1.165, 1.54) is 0 Å². The molecule has 0 bridgehead atoms. The van der Waals surface area contributed by atoms with E-state index in [0.29, 0.717) is 21.4 Å². The summed E-state index contributed by atoms with van der Waals surface area (Å²) in [7, 11) is 0. The molecule has 0 aliphatic heterocycles. The van der Waals surface area contributed by atoms with Crippen molar-refractivity contribution < 1.29 is 4.52 Å². The minimum absolute atomic E-state index is 0.128. The molecule has 2 rings (SSSR count). The molecule has 1 aromatic heterocycles. The van der Waals surface area contributed by atoms with E-state index >= 15 is 0 Å². The number of benzene rings is 1. The summed E-state index contributed by atoms with van der Waals surface area (Å²) in [6.45, 7) is 0. The number of hydrogen-bond acceptors (Lipinski definition) is 3. The van der Waals surface area contributed by atoms with E-state index < -0.39 is 0 Å². The predicted octanol–water partition coefficient (Wildman–Crippen LogP) is 3.88. The molecular formula is C9H5Cl3N2O. The molecule has 0 spiro atoms. The van der Waals surface area contributed by atoms with Crippen molar-refractivity contribution in [2.45, 2.75) is 0 Å². The number of hydrogen-bond donors (Lipinski definition) is 1. The van der Waals surface area contributed by atoms with Crippen LogP contribution < -0.4 is 5.73 Å². The van der Waals surface area contributed by atoms with Crippen LogP contribution in [0.1, 0.15) is 0 Å². The average Bonchev–Trinajstić information content (AvgIpc) is 2.52. The summed E-state index contributed by atoms with van der Waals surface area (Å²) in [6.07, 6.45) is 0. The predicted molar refractivity (Wildman–Crippen MR) is 61.4 cm³/mol. The average molecular weight is 264 g/mol. The molecule has 78 valence electrons. The van der Waals surface area contributed by atoms with E-state index in [9.17, 15) is 0 Å². The molecule has 1 aromatic carbocycles. The molecule has 0 atom stereocenters. The molecule has 0 radical (unpaired) electrons. The van der Waals surface area contributed by atoms with Gasteiger partial charge in [0.2, 0.25) is 0 Å². The molecule has 2 aromatic rings. The van der Waals surface area contributed by atoms with Crippen molar-refractivity contribution in [3.05, 3.63) is 33.3 Å². The maximum absolute atomic E-state index is 5.97. The second-order valence-corrected chi connectivity index (χ2v) is 4.06. The highest BCUT2D eigenvalue weighted by atomic mass is 35.5. The van der Waals surface area contributed by atoms with Gasteiger partial charge in [0, 0.05) is 10.6 Å². The van der Waals surface area contributed by atoms with Crippen LogP contribution in [0.5, 0.6) is 0 Å². The summed E-state index contributed by atoms with van der Waals surface area (Å²) in [4.78, 5) is 0. The number of nitrogen functional groups attached to an aromatic ring is 1. The fourth-order valence-electron chi connectivity index (χ4n) is 1.13. The summed E-state index contributed by atoms with van der Waals surface area (Å²) in [5.74, 6) is 0.448. The summed E-state index contributed by atoms with van der Waals surface area (Å²) in [5.41, 5.74) is 6.02. The molecular weight excluding hydrogens is 258 g/mol. The standard InChI is InChI=1S/C9H5Cl3N2O/c10-4-1-2-6(11)5(3-4)8-7(12)9(13)14-15-8/h1-3H,(H2,13,14). The van der Waals surface area contributed by atoms with E-state index in [1.807, 2.05) is 0 Å². The van der Waals surface area contributed by atoms with Crippen molar-refractivity contribution in [3.8, 4) is 11.3 Å². The Bertz CT molecular complexity index is 510. The molecule has 0 saturated carbocycles. The van der Waals surface area contributed by atoms with Gasteiger partial charge in [0.1, 0.15) is 5.02 Å². The molecule has 15 heavy (non-hydrogen) atoms. The minimum atomic E-state index is 0.128. The van der Waals surface area contributed by atoms with Crippen molar-refractivity contribution in [1.29, 1.82) is 0 Å². The number of halogens is 3. The maximum Gasteiger partial charge on any atom is 0.189 e. The molecule has 0 aliphatic carbocycles. The fourth-order valence-corrected chi connectivity index (χ4v) is 1.68. The topological polar surface area (TPSA) is 52.0 Å². The zero-order valence-electron chi connectivity index (χ0n) is 7.30. The van der Waals surface area contributed by atoms with Gasteiger partial charge in [-0.25, -0.2) is 0 Å². The van der Waals surface area contributed by atoms with Crippen LogP contribution in [0.15, 0.2) is 22.7 Å². The quantitative estimate of drug-likeness (QED) is 0.849. The lowest BCUT2D eigenvalue weighted by molar-refractivity contribution is 0.436. The Labute approximate surface area is 101 Å². The highest BCUT2D eigenvalue weighted by Crippen LogP contribution is 2.37. The maximum atomic E-state index is 5.97. The number of aromatic nitrogens is 1. The van der Waals surface area contributed by atoms with Crippen LogP contribution in [0.25, 0.3) is 11.3 Å². The van der Waals surface area contributed by atoms with Gasteiger partial charge in [0.15, 0.2) is 11.6 Å². The minimum Gasteiger partial charge on any atom is -0.380 e. The van der Waals surface area contributed by atoms with Crippen LogP contribution in [-0.4, -0.2) is 5.16 Å². The van der Waals surface area contributed by atoms with Gasteiger partial charge in [0.25, 0.3) is 0 Å². The Morgan fingerprint density at radius 2 is 1.93 bits per heavy atom. The van der Waals surface area contributed by atoms with Crippen LogP contribution in [0.2, 0.25) is 15.1 Å². The Morgan fingerprint density at radius 3 is 2.53 bits per heavy atom. The molecule has 0 amide bonds. The van der Waals surface area contributed by atoms with E-state index in [-0.39, 0.29) is 10.8 Å². The van der Waals surface area contributed by atoms with Crippen LogP contribution in [0.3, 0.4) is 0 Å². The smallest absolute Gasteiger partial charge is 0.189 e. The van der Waals surface area contributed by atoms with E-state index in [2.05, 4.69) is 5.16 Å². The molecule has 6 heteroatoms. The number of nitrogens with two attached hydrogens (primary N) is 1. The Hall–Kier alpha value is -0.900. The first kappa shape index (κ1) is 10.6. The number of anilines is 1. The monoisotopic (exact) mass is 262 g/mol. The van der Waals surface area contributed by atoms with Crippen LogP contribution >= 0.6 is 34.8 Å². The second-order valence-electron chi connectivity index (χ2n) is 2.84. The van der Waals surface area contributed by atoms with Gasteiger partial charge in [0.05, 0.1) is 5.02 Å². The highest BCUT2D eigenvalue weighted by molar-refractivity contribution is 6.38. The largest absolute Gasteiger partial charge is 0.380 e. The lowest BCUT2D eigenvalue weighted by Crippen LogP contribution is -1.83. The first-order valence-corrected chi connectivity index (χ1v) is 5.09. The van der Waals surface area contributed by atoms with E-state index in [1.54, 1.807) is 18.2 Å². The molecule has 0 fully saturated rings.